The molecule has 0 saturated carbocycles. The van der Waals surface area contributed by atoms with E-state index in [1.165, 1.54) is 25.3 Å². The summed E-state index contributed by atoms with van der Waals surface area (Å²) in [7, 11) is 1.50. The largest absolute Gasteiger partial charge is 0.496 e. The van der Waals surface area contributed by atoms with Gasteiger partial charge in [-0.2, -0.15) is 0 Å². The molecule has 31 heavy (non-hydrogen) atoms. The third kappa shape index (κ3) is 3.80. The van der Waals surface area contributed by atoms with E-state index in [0.717, 1.165) is 22.1 Å². The molecule has 0 unspecified atom stereocenters. The van der Waals surface area contributed by atoms with Gasteiger partial charge >= 0.3 is 0 Å². The fourth-order valence-corrected chi connectivity index (χ4v) is 3.79. The van der Waals surface area contributed by atoms with Gasteiger partial charge in [0.1, 0.15) is 17.3 Å². The molecule has 0 aromatic heterocycles. The standard InChI is InChI=1S/C25H21FN2O3/c1-15-11-16(2)13-18(12-15)27-23-22(20-9-4-5-10-21(20)31-3)24(29)28(25(23)30)19-8-6-7-17(26)14-19/h4-14,27H,1-3H3. The number of carbonyl (C=O) groups is 2. The van der Waals surface area contributed by atoms with E-state index in [0.29, 0.717) is 17.0 Å². The lowest BCUT2D eigenvalue weighted by Crippen LogP contribution is -2.32. The van der Waals surface area contributed by atoms with Crippen LogP contribution < -0.4 is 15.0 Å². The van der Waals surface area contributed by atoms with E-state index >= 15 is 0 Å². The number of hydrogen-bond donors (Lipinski definition) is 1. The Labute approximate surface area is 179 Å². The Morgan fingerprint density at radius 3 is 2.26 bits per heavy atom. The molecule has 4 rings (SSSR count). The number of ether oxygens (including phenoxy) is 1. The lowest BCUT2D eigenvalue weighted by molar-refractivity contribution is -0.120. The second kappa shape index (κ2) is 8.07. The van der Waals surface area contributed by atoms with Crippen molar-refractivity contribution >= 4 is 28.8 Å². The number of aryl methyl sites for hydroxylation is 2. The maximum Gasteiger partial charge on any atom is 0.282 e. The number of para-hydroxylation sites is 1. The molecule has 5 nitrogen and oxygen atoms in total. The van der Waals surface area contributed by atoms with Crippen molar-refractivity contribution in [3.63, 3.8) is 0 Å². The number of nitrogens with zero attached hydrogens (tertiary/aromatic N) is 1. The number of benzene rings is 3. The fraction of sp³-hybridized carbons (Fsp3) is 0.120. The van der Waals surface area contributed by atoms with Crippen LogP contribution in [0.4, 0.5) is 15.8 Å². The van der Waals surface area contributed by atoms with Gasteiger partial charge in [-0.05, 0) is 61.4 Å². The average molecular weight is 416 g/mol. The van der Waals surface area contributed by atoms with Crippen LogP contribution in [-0.4, -0.2) is 18.9 Å². The van der Waals surface area contributed by atoms with Gasteiger partial charge in [0.2, 0.25) is 0 Å². The summed E-state index contributed by atoms with van der Waals surface area (Å²) < 4.78 is 19.3. The number of imide groups is 1. The van der Waals surface area contributed by atoms with Crippen LogP contribution in [0.15, 0.2) is 72.4 Å². The van der Waals surface area contributed by atoms with Crippen molar-refractivity contribution in [2.24, 2.45) is 0 Å². The molecule has 0 aliphatic carbocycles. The predicted octanol–water partition coefficient (Wildman–Crippen LogP) is 4.85. The SMILES string of the molecule is COc1ccccc1C1=C(Nc2cc(C)cc(C)c2)C(=O)N(c2cccc(F)c2)C1=O. The van der Waals surface area contributed by atoms with Crippen molar-refractivity contribution in [1.29, 1.82) is 0 Å². The number of amides is 2. The van der Waals surface area contributed by atoms with Crippen LogP contribution >= 0.6 is 0 Å². The number of nitrogens with one attached hydrogen (secondary N) is 1. The lowest BCUT2D eigenvalue weighted by Gasteiger charge is -2.15. The zero-order valence-corrected chi connectivity index (χ0v) is 17.4. The average Bonchev–Trinajstić information content (AvgIpc) is 2.96. The zero-order chi connectivity index (χ0) is 22.1. The lowest BCUT2D eigenvalue weighted by atomic mass is 10.0. The zero-order valence-electron chi connectivity index (χ0n) is 17.4. The maximum atomic E-state index is 13.8. The van der Waals surface area contributed by atoms with Gasteiger partial charge in [0.15, 0.2) is 0 Å². The van der Waals surface area contributed by atoms with Gasteiger partial charge in [0, 0.05) is 11.3 Å². The number of methoxy groups -OCH3 is 1. The molecule has 156 valence electrons. The van der Waals surface area contributed by atoms with Crippen LogP contribution in [0.3, 0.4) is 0 Å². The molecule has 0 radical (unpaired) electrons. The molecule has 0 bridgehead atoms. The molecular formula is C25H21FN2O3. The first-order chi connectivity index (χ1) is 14.9. The predicted molar refractivity (Wildman–Crippen MR) is 118 cm³/mol. The summed E-state index contributed by atoms with van der Waals surface area (Å²) in [6.07, 6.45) is 0. The minimum absolute atomic E-state index is 0.115. The number of rotatable bonds is 5. The van der Waals surface area contributed by atoms with Crippen LogP contribution in [0.5, 0.6) is 5.75 Å². The number of hydrogen-bond acceptors (Lipinski definition) is 4. The third-order valence-corrected chi connectivity index (χ3v) is 5.02. The summed E-state index contributed by atoms with van der Waals surface area (Å²) in [6.45, 7) is 3.91. The Morgan fingerprint density at radius 2 is 1.58 bits per heavy atom. The molecule has 0 spiro atoms. The number of carbonyl (C=O) groups excluding carboxylic acids is 2. The molecule has 1 aliphatic heterocycles. The monoisotopic (exact) mass is 416 g/mol. The molecule has 3 aromatic carbocycles. The summed E-state index contributed by atoms with van der Waals surface area (Å²) in [5, 5.41) is 3.14. The summed E-state index contributed by atoms with van der Waals surface area (Å²) in [6, 6.07) is 18.2. The first-order valence-electron chi connectivity index (χ1n) is 9.76. The molecule has 6 heteroatoms. The molecule has 1 aliphatic rings. The summed E-state index contributed by atoms with van der Waals surface area (Å²) >= 11 is 0. The van der Waals surface area contributed by atoms with Crippen molar-refractivity contribution in [1.82, 2.24) is 0 Å². The van der Waals surface area contributed by atoms with E-state index in [9.17, 15) is 14.0 Å². The van der Waals surface area contributed by atoms with Crippen molar-refractivity contribution in [2.75, 3.05) is 17.3 Å². The van der Waals surface area contributed by atoms with Crippen LogP contribution in [0, 0.1) is 19.7 Å². The van der Waals surface area contributed by atoms with Gasteiger partial charge < -0.3 is 10.1 Å². The van der Waals surface area contributed by atoms with Gasteiger partial charge in [0.05, 0.1) is 18.4 Å². The number of anilines is 2. The molecule has 0 atom stereocenters. The molecular weight excluding hydrogens is 395 g/mol. The van der Waals surface area contributed by atoms with Crippen molar-refractivity contribution in [2.45, 2.75) is 13.8 Å². The fourth-order valence-electron chi connectivity index (χ4n) is 3.79. The Morgan fingerprint density at radius 1 is 0.871 bits per heavy atom. The highest BCUT2D eigenvalue weighted by molar-refractivity contribution is 6.46. The van der Waals surface area contributed by atoms with Gasteiger partial charge in [-0.15, -0.1) is 0 Å². The molecule has 0 fully saturated rings. The van der Waals surface area contributed by atoms with Crippen molar-refractivity contribution < 1.29 is 18.7 Å². The van der Waals surface area contributed by atoms with Crippen LogP contribution in [-0.2, 0) is 9.59 Å². The van der Waals surface area contributed by atoms with E-state index in [4.69, 9.17) is 4.74 Å². The van der Waals surface area contributed by atoms with Gasteiger partial charge in [-0.25, -0.2) is 9.29 Å². The van der Waals surface area contributed by atoms with Gasteiger partial charge in [-0.1, -0.05) is 30.3 Å². The number of halogens is 1. The Balaban J connectivity index is 1.88. The molecule has 2 amide bonds. The van der Waals surface area contributed by atoms with Gasteiger partial charge in [-0.3, -0.25) is 9.59 Å². The first-order valence-corrected chi connectivity index (χ1v) is 9.76. The topological polar surface area (TPSA) is 58.6 Å². The van der Waals surface area contributed by atoms with Gasteiger partial charge in [0.25, 0.3) is 11.8 Å². The van der Waals surface area contributed by atoms with E-state index in [-0.39, 0.29) is 17.0 Å². The van der Waals surface area contributed by atoms with E-state index in [1.807, 2.05) is 32.0 Å². The molecule has 0 saturated heterocycles. The third-order valence-electron chi connectivity index (χ3n) is 5.02. The highest BCUT2D eigenvalue weighted by Crippen LogP contribution is 2.37. The summed E-state index contributed by atoms with van der Waals surface area (Å²) in [5.41, 5.74) is 3.65. The van der Waals surface area contributed by atoms with E-state index in [2.05, 4.69) is 5.32 Å². The summed E-state index contributed by atoms with van der Waals surface area (Å²) in [5.74, 6) is -1.19. The maximum absolute atomic E-state index is 13.8. The smallest absolute Gasteiger partial charge is 0.282 e. The Hall–Kier alpha value is -3.93. The second-order valence-electron chi connectivity index (χ2n) is 7.38. The molecule has 1 N–H and O–H groups in total. The summed E-state index contributed by atoms with van der Waals surface area (Å²) in [4.78, 5) is 27.8. The van der Waals surface area contributed by atoms with Crippen molar-refractivity contribution in [3.05, 3.63) is 94.9 Å². The highest BCUT2D eigenvalue weighted by Gasteiger charge is 2.41. The first kappa shape index (κ1) is 20.3. The van der Waals surface area contributed by atoms with Crippen molar-refractivity contribution in [3.8, 4) is 5.75 Å². The second-order valence-corrected chi connectivity index (χ2v) is 7.38. The van der Waals surface area contributed by atoms with E-state index < -0.39 is 17.6 Å². The Kier molecular flexibility index (Phi) is 5.29. The van der Waals surface area contributed by atoms with Crippen LogP contribution in [0.1, 0.15) is 16.7 Å². The minimum atomic E-state index is -0.560. The molecule has 1 heterocycles. The van der Waals surface area contributed by atoms with Crippen LogP contribution in [0.25, 0.3) is 5.57 Å². The Bertz CT molecular complexity index is 1210. The normalized spacial score (nSPS) is 13.7. The molecule has 3 aromatic rings. The minimum Gasteiger partial charge on any atom is -0.496 e. The highest BCUT2D eigenvalue weighted by atomic mass is 19.1. The quantitative estimate of drug-likeness (QED) is 0.604. The van der Waals surface area contributed by atoms with Crippen LogP contribution in [0.2, 0.25) is 0 Å². The van der Waals surface area contributed by atoms with E-state index in [1.54, 1.807) is 24.3 Å².